The minimum atomic E-state index is -0.925. The van der Waals surface area contributed by atoms with Crippen molar-refractivity contribution in [3.8, 4) is 0 Å². The Morgan fingerprint density at radius 2 is 1.95 bits per heavy atom. The van der Waals surface area contributed by atoms with Crippen molar-refractivity contribution in [1.82, 2.24) is 4.98 Å². The van der Waals surface area contributed by atoms with Crippen molar-refractivity contribution >= 4 is 17.1 Å². The lowest BCUT2D eigenvalue weighted by molar-refractivity contribution is -0.117. The fourth-order valence-corrected chi connectivity index (χ4v) is 2.69. The van der Waals surface area contributed by atoms with Crippen molar-refractivity contribution in [3.05, 3.63) is 51.0 Å². The Kier molecular flexibility index (Phi) is 4.04. The normalized spacial score (nSPS) is 10.7. The number of rotatable bonds is 4. The average Bonchev–Trinajstić information content (AvgIpc) is 2.63. The highest BCUT2D eigenvalue weighted by atomic mass is 32.1. The van der Waals surface area contributed by atoms with Crippen LogP contribution >= 0.6 is 11.3 Å². The molecule has 100 valence electrons. The third-order valence-corrected chi connectivity index (χ3v) is 3.88. The van der Waals surface area contributed by atoms with Crippen LogP contribution in [0.4, 0.5) is 8.78 Å². The van der Waals surface area contributed by atoms with Crippen LogP contribution in [0.3, 0.4) is 0 Å². The van der Waals surface area contributed by atoms with E-state index in [4.69, 9.17) is 0 Å². The topological polar surface area (TPSA) is 30.0 Å². The summed E-state index contributed by atoms with van der Waals surface area (Å²) in [5.74, 6) is -1.88. The highest BCUT2D eigenvalue weighted by Crippen LogP contribution is 2.18. The third kappa shape index (κ3) is 3.44. The summed E-state index contributed by atoms with van der Waals surface area (Å²) < 4.78 is 25.8. The van der Waals surface area contributed by atoms with Crippen LogP contribution < -0.4 is 0 Å². The molecule has 0 bridgehead atoms. The van der Waals surface area contributed by atoms with E-state index in [1.807, 2.05) is 13.8 Å². The molecule has 5 heteroatoms. The number of hydrogen-bond donors (Lipinski definition) is 0. The fraction of sp³-hybridized carbons (Fsp3) is 0.286. The second-order valence-corrected chi connectivity index (χ2v) is 5.68. The molecule has 0 aliphatic carbocycles. The molecule has 0 radical (unpaired) electrons. The zero-order valence-corrected chi connectivity index (χ0v) is 11.5. The standard InChI is InChI=1S/C14H13F2NOS/c1-8-9(2)19-14(17-8)7-11(18)5-10-3-4-12(15)13(16)6-10/h3-4,6H,5,7H2,1-2H3. The number of halogens is 2. The number of Topliss-reactive ketones (excluding diaryl/α,β-unsaturated/α-hetero) is 1. The Balaban J connectivity index is 2.03. The molecule has 0 N–H and O–H groups in total. The lowest BCUT2D eigenvalue weighted by Gasteiger charge is -2.00. The van der Waals surface area contributed by atoms with Gasteiger partial charge in [-0.05, 0) is 31.5 Å². The monoisotopic (exact) mass is 281 g/mol. The zero-order chi connectivity index (χ0) is 14.0. The SMILES string of the molecule is Cc1nc(CC(=O)Cc2ccc(F)c(F)c2)sc1C. The molecule has 0 aliphatic heterocycles. The summed E-state index contributed by atoms with van der Waals surface area (Å²) in [6.07, 6.45) is 0.327. The molecular weight excluding hydrogens is 268 g/mol. The van der Waals surface area contributed by atoms with E-state index < -0.39 is 11.6 Å². The summed E-state index contributed by atoms with van der Waals surface area (Å²) in [7, 11) is 0. The molecule has 0 atom stereocenters. The molecule has 0 aliphatic rings. The van der Waals surface area contributed by atoms with E-state index in [9.17, 15) is 13.6 Å². The van der Waals surface area contributed by atoms with Gasteiger partial charge in [-0.3, -0.25) is 4.79 Å². The number of carbonyl (C=O) groups excluding carboxylic acids is 1. The van der Waals surface area contributed by atoms with Crippen molar-refractivity contribution < 1.29 is 13.6 Å². The minimum Gasteiger partial charge on any atom is -0.299 e. The molecule has 2 aromatic rings. The first kappa shape index (κ1) is 13.8. The van der Waals surface area contributed by atoms with E-state index in [1.54, 1.807) is 0 Å². The lowest BCUT2D eigenvalue weighted by Crippen LogP contribution is -2.07. The van der Waals surface area contributed by atoms with E-state index in [2.05, 4.69) is 4.98 Å². The van der Waals surface area contributed by atoms with Gasteiger partial charge in [0.2, 0.25) is 0 Å². The van der Waals surface area contributed by atoms with Gasteiger partial charge < -0.3 is 0 Å². The summed E-state index contributed by atoms with van der Waals surface area (Å²) in [5.41, 5.74) is 1.41. The maximum absolute atomic E-state index is 13.0. The van der Waals surface area contributed by atoms with Gasteiger partial charge in [0, 0.05) is 11.3 Å². The van der Waals surface area contributed by atoms with Gasteiger partial charge in [-0.15, -0.1) is 11.3 Å². The van der Waals surface area contributed by atoms with Crippen LogP contribution in [0.25, 0.3) is 0 Å². The van der Waals surface area contributed by atoms with Gasteiger partial charge in [0.15, 0.2) is 11.6 Å². The highest BCUT2D eigenvalue weighted by Gasteiger charge is 2.11. The van der Waals surface area contributed by atoms with Crippen molar-refractivity contribution in [2.24, 2.45) is 0 Å². The van der Waals surface area contributed by atoms with Crippen LogP contribution in [0, 0.1) is 25.5 Å². The third-order valence-electron chi connectivity index (χ3n) is 2.81. The van der Waals surface area contributed by atoms with E-state index in [0.717, 1.165) is 27.7 Å². The first-order valence-electron chi connectivity index (χ1n) is 5.84. The van der Waals surface area contributed by atoms with Crippen molar-refractivity contribution in [1.29, 1.82) is 0 Å². The maximum atomic E-state index is 13.0. The summed E-state index contributed by atoms with van der Waals surface area (Å²) in [6.45, 7) is 3.85. The number of thiazole rings is 1. The second kappa shape index (κ2) is 5.57. The Hall–Kier alpha value is -1.62. The molecule has 0 saturated carbocycles. The van der Waals surface area contributed by atoms with E-state index in [0.29, 0.717) is 5.56 Å². The minimum absolute atomic E-state index is 0.0558. The van der Waals surface area contributed by atoms with E-state index in [1.165, 1.54) is 17.4 Å². The number of ketones is 1. The predicted octanol–water partition coefficient (Wildman–Crippen LogP) is 3.39. The Morgan fingerprint density at radius 1 is 1.21 bits per heavy atom. The fourth-order valence-electron chi connectivity index (χ4n) is 1.72. The molecule has 1 heterocycles. The zero-order valence-electron chi connectivity index (χ0n) is 10.7. The number of hydrogen-bond acceptors (Lipinski definition) is 3. The van der Waals surface area contributed by atoms with Gasteiger partial charge in [-0.2, -0.15) is 0 Å². The van der Waals surface area contributed by atoms with Crippen molar-refractivity contribution in [3.63, 3.8) is 0 Å². The van der Waals surface area contributed by atoms with Crippen molar-refractivity contribution in [2.45, 2.75) is 26.7 Å². The van der Waals surface area contributed by atoms with Crippen LogP contribution in [0.1, 0.15) is 21.1 Å². The summed E-state index contributed by atoms with van der Waals surface area (Å²) in [4.78, 5) is 17.2. The van der Waals surface area contributed by atoms with Gasteiger partial charge in [-0.25, -0.2) is 13.8 Å². The van der Waals surface area contributed by atoms with Crippen LogP contribution in [-0.4, -0.2) is 10.8 Å². The average molecular weight is 281 g/mol. The molecule has 0 amide bonds. The number of nitrogens with zero attached hydrogens (tertiary/aromatic N) is 1. The quantitative estimate of drug-likeness (QED) is 0.859. The number of aromatic nitrogens is 1. The molecular formula is C14H13F2NOS. The van der Waals surface area contributed by atoms with Crippen LogP contribution in [-0.2, 0) is 17.6 Å². The smallest absolute Gasteiger partial charge is 0.159 e. The number of benzene rings is 1. The Morgan fingerprint density at radius 3 is 2.53 bits per heavy atom. The molecule has 1 aromatic carbocycles. The highest BCUT2D eigenvalue weighted by molar-refractivity contribution is 7.11. The molecule has 1 aromatic heterocycles. The van der Waals surface area contributed by atoms with Gasteiger partial charge >= 0.3 is 0 Å². The summed E-state index contributed by atoms with van der Waals surface area (Å²) in [5, 5.41) is 0.766. The lowest BCUT2D eigenvalue weighted by atomic mass is 10.1. The van der Waals surface area contributed by atoms with Crippen LogP contribution in [0.15, 0.2) is 18.2 Å². The van der Waals surface area contributed by atoms with Gasteiger partial charge in [0.1, 0.15) is 10.8 Å². The van der Waals surface area contributed by atoms with Crippen LogP contribution in [0.2, 0.25) is 0 Å². The molecule has 0 unspecified atom stereocenters. The van der Waals surface area contributed by atoms with Gasteiger partial charge in [-0.1, -0.05) is 6.07 Å². The molecule has 2 rings (SSSR count). The van der Waals surface area contributed by atoms with Gasteiger partial charge in [0.25, 0.3) is 0 Å². The second-order valence-electron chi connectivity index (χ2n) is 4.39. The van der Waals surface area contributed by atoms with E-state index in [-0.39, 0.29) is 18.6 Å². The van der Waals surface area contributed by atoms with Crippen molar-refractivity contribution in [2.75, 3.05) is 0 Å². The maximum Gasteiger partial charge on any atom is 0.159 e. The molecule has 19 heavy (non-hydrogen) atoms. The Labute approximate surface area is 114 Å². The number of carbonyl (C=O) groups is 1. The Bertz CT molecular complexity index is 602. The number of aryl methyl sites for hydroxylation is 2. The summed E-state index contributed by atoms with van der Waals surface area (Å²) in [6, 6.07) is 3.52. The molecule has 2 nitrogen and oxygen atoms in total. The molecule has 0 saturated heterocycles. The first-order valence-corrected chi connectivity index (χ1v) is 6.66. The van der Waals surface area contributed by atoms with E-state index >= 15 is 0 Å². The van der Waals surface area contributed by atoms with Crippen LogP contribution in [0.5, 0.6) is 0 Å². The van der Waals surface area contributed by atoms with Gasteiger partial charge in [0.05, 0.1) is 12.1 Å². The predicted molar refractivity (Wildman–Crippen MR) is 70.4 cm³/mol. The molecule has 0 fully saturated rings. The largest absolute Gasteiger partial charge is 0.299 e. The molecule has 0 spiro atoms. The first-order chi connectivity index (χ1) is 8.95. The summed E-state index contributed by atoms with van der Waals surface area (Å²) >= 11 is 1.49.